The second-order valence-electron chi connectivity index (χ2n) is 2.15. The molecule has 3 heteroatoms. The predicted octanol–water partition coefficient (Wildman–Crippen LogP) is -0.173. The third-order valence-corrected chi connectivity index (χ3v) is 1.22. The van der Waals surface area contributed by atoms with E-state index in [0.717, 1.165) is 0 Å². The molecule has 3 nitrogen and oxygen atoms in total. The second-order valence-corrected chi connectivity index (χ2v) is 2.15. The van der Waals surface area contributed by atoms with Gasteiger partial charge in [0.25, 0.3) is 0 Å². The molecule has 0 spiro atoms. The molecule has 0 aliphatic carbocycles. The van der Waals surface area contributed by atoms with E-state index in [1.54, 1.807) is 0 Å². The third kappa shape index (κ3) is 2.96. The molecular weight excluding hydrogens is 104 g/mol. The molecule has 0 fully saturated rings. The summed E-state index contributed by atoms with van der Waals surface area (Å²) in [5.41, 5.74) is 0. The van der Waals surface area contributed by atoms with Gasteiger partial charge in [-0.1, -0.05) is 0 Å². The van der Waals surface area contributed by atoms with Gasteiger partial charge in [0.05, 0.1) is 6.61 Å². The van der Waals surface area contributed by atoms with E-state index in [2.05, 4.69) is 4.84 Å². The Morgan fingerprint density at radius 2 is 2.12 bits per heavy atom. The van der Waals surface area contributed by atoms with Crippen LogP contribution in [0.25, 0.3) is 0 Å². The van der Waals surface area contributed by atoms with Crippen LogP contribution in [0.5, 0.6) is 0 Å². The molecule has 0 aromatic carbocycles. The zero-order valence-corrected chi connectivity index (χ0v) is 5.72. The summed E-state index contributed by atoms with van der Waals surface area (Å²) in [6.45, 7) is 2.64. The van der Waals surface area contributed by atoms with Crippen LogP contribution >= 0.6 is 0 Å². The highest BCUT2D eigenvalue weighted by atomic mass is 16.6. The van der Waals surface area contributed by atoms with Crippen LogP contribution in [0.4, 0.5) is 0 Å². The Morgan fingerprint density at radius 3 is 2.25 bits per heavy atom. The van der Waals surface area contributed by atoms with Crippen LogP contribution in [0.15, 0.2) is 0 Å². The summed E-state index contributed by atoms with van der Waals surface area (Å²) in [4.78, 5) is 6.47. The van der Waals surface area contributed by atoms with Crippen molar-refractivity contribution in [2.45, 2.75) is 13.0 Å². The Bertz CT molecular complexity index is 56.4. The lowest BCUT2D eigenvalue weighted by molar-refractivity contribution is 0.0871. The lowest BCUT2D eigenvalue weighted by Crippen LogP contribution is -2.30. The molecule has 1 atom stereocenters. The standard InChI is InChI=1S/C5H14N2O/c1-5(4-8-6)7(2)3/h5H,4,6H2,1-3H3. The van der Waals surface area contributed by atoms with Crippen LogP contribution < -0.4 is 5.90 Å². The molecule has 1 unspecified atom stereocenters. The van der Waals surface area contributed by atoms with E-state index in [-0.39, 0.29) is 0 Å². The van der Waals surface area contributed by atoms with Crippen LogP contribution in [0, 0.1) is 0 Å². The van der Waals surface area contributed by atoms with Crippen molar-refractivity contribution in [3.63, 3.8) is 0 Å². The summed E-state index contributed by atoms with van der Waals surface area (Å²) in [5.74, 6) is 4.84. The van der Waals surface area contributed by atoms with Gasteiger partial charge in [0.2, 0.25) is 0 Å². The number of hydrogen-bond acceptors (Lipinski definition) is 3. The van der Waals surface area contributed by atoms with E-state index in [4.69, 9.17) is 5.90 Å². The highest BCUT2D eigenvalue weighted by molar-refractivity contribution is 4.54. The fraction of sp³-hybridized carbons (Fsp3) is 1.00. The summed E-state index contributed by atoms with van der Waals surface area (Å²) in [7, 11) is 3.98. The molecule has 0 heterocycles. The Labute approximate surface area is 50.4 Å². The molecular formula is C5H14N2O. The zero-order valence-electron chi connectivity index (χ0n) is 5.72. The van der Waals surface area contributed by atoms with Crippen molar-refractivity contribution in [1.82, 2.24) is 4.90 Å². The summed E-state index contributed by atoms with van der Waals surface area (Å²) in [5, 5.41) is 0. The maximum Gasteiger partial charge on any atom is 0.0831 e. The van der Waals surface area contributed by atoms with E-state index in [1.165, 1.54) is 0 Å². The van der Waals surface area contributed by atoms with E-state index >= 15 is 0 Å². The summed E-state index contributed by atoms with van der Waals surface area (Å²) in [6, 6.07) is 0.403. The van der Waals surface area contributed by atoms with Crippen molar-refractivity contribution in [3.05, 3.63) is 0 Å². The SMILES string of the molecule is CC(CON)N(C)C. The Morgan fingerprint density at radius 1 is 1.62 bits per heavy atom. The van der Waals surface area contributed by atoms with Gasteiger partial charge < -0.3 is 9.74 Å². The van der Waals surface area contributed by atoms with Gasteiger partial charge in [0.1, 0.15) is 0 Å². The minimum atomic E-state index is 0.403. The van der Waals surface area contributed by atoms with Crippen molar-refractivity contribution in [2.75, 3.05) is 20.7 Å². The minimum Gasteiger partial charge on any atom is -0.304 e. The molecule has 0 bridgehead atoms. The van der Waals surface area contributed by atoms with E-state index in [1.807, 2.05) is 25.9 Å². The Kier molecular flexibility index (Phi) is 3.77. The van der Waals surface area contributed by atoms with Crippen LogP contribution in [0.1, 0.15) is 6.92 Å². The molecule has 50 valence electrons. The zero-order chi connectivity index (χ0) is 6.57. The van der Waals surface area contributed by atoms with Crippen molar-refractivity contribution >= 4 is 0 Å². The first-order chi connectivity index (χ1) is 3.68. The van der Waals surface area contributed by atoms with Crippen molar-refractivity contribution in [3.8, 4) is 0 Å². The van der Waals surface area contributed by atoms with Crippen LogP contribution in [-0.2, 0) is 4.84 Å². The molecule has 0 rings (SSSR count). The molecule has 0 aromatic heterocycles. The van der Waals surface area contributed by atoms with Gasteiger partial charge in [0.15, 0.2) is 0 Å². The number of hydrogen-bond donors (Lipinski definition) is 1. The quantitative estimate of drug-likeness (QED) is 0.523. The molecule has 0 saturated heterocycles. The normalized spacial score (nSPS) is 14.6. The number of nitrogens with two attached hydrogens (primary N) is 1. The molecule has 0 aliphatic rings. The first-order valence-corrected chi connectivity index (χ1v) is 2.66. The smallest absolute Gasteiger partial charge is 0.0831 e. The fourth-order valence-corrected chi connectivity index (χ4v) is 0.288. The Hall–Kier alpha value is -0.120. The van der Waals surface area contributed by atoms with Crippen LogP contribution in [-0.4, -0.2) is 31.6 Å². The minimum absolute atomic E-state index is 0.403. The summed E-state index contributed by atoms with van der Waals surface area (Å²) in [6.07, 6.45) is 0. The van der Waals surface area contributed by atoms with Gasteiger partial charge in [-0.3, -0.25) is 0 Å². The van der Waals surface area contributed by atoms with Gasteiger partial charge in [-0.15, -0.1) is 0 Å². The number of rotatable bonds is 3. The lowest BCUT2D eigenvalue weighted by Gasteiger charge is -2.17. The molecule has 0 amide bonds. The summed E-state index contributed by atoms with van der Waals surface area (Å²) < 4.78 is 0. The topological polar surface area (TPSA) is 38.5 Å². The number of likely N-dealkylation sites (N-methyl/N-ethyl adjacent to an activating group) is 1. The monoisotopic (exact) mass is 118 g/mol. The van der Waals surface area contributed by atoms with Gasteiger partial charge in [0, 0.05) is 6.04 Å². The highest BCUT2D eigenvalue weighted by Crippen LogP contribution is 1.88. The molecule has 0 saturated carbocycles. The lowest BCUT2D eigenvalue weighted by atomic mass is 10.3. The van der Waals surface area contributed by atoms with Crippen molar-refractivity contribution in [1.29, 1.82) is 0 Å². The van der Waals surface area contributed by atoms with Gasteiger partial charge in [-0.25, -0.2) is 5.90 Å². The first kappa shape index (κ1) is 7.88. The number of nitrogens with zero attached hydrogens (tertiary/aromatic N) is 1. The van der Waals surface area contributed by atoms with Gasteiger partial charge in [-0.2, -0.15) is 0 Å². The third-order valence-electron chi connectivity index (χ3n) is 1.22. The average Bonchev–Trinajstić information content (AvgIpc) is 1.67. The van der Waals surface area contributed by atoms with E-state index < -0.39 is 0 Å². The Balaban J connectivity index is 3.17. The van der Waals surface area contributed by atoms with E-state index in [0.29, 0.717) is 12.6 Å². The second kappa shape index (κ2) is 3.83. The summed E-state index contributed by atoms with van der Waals surface area (Å²) >= 11 is 0. The van der Waals surface area contributed by atoms with E-state index in [9.17, 15) is 0 Å². The first-order valence-electron chi connectivity index (χ1n) is 2.66. The molecule has 0 aromatic rings. The largest absolute Gasteiger partial charge is 0.304 e. The average molecular weight is 118 g/mol. The molecule has 0 aliphatic heterocycles. The van der Waals surface area contributed by atoms with Crippen molar-refractivity contribution < 1.29 is 4.84 Å². The van der Waals surface area contributed by atoms with Gasteiger partial charge >= 0.3 is 0 Å². The highest BCUT2D eigenvalue weighted by Gasteiger charge is 2.01. The van der Waals surface area contributed by atoms with Crippen molar-refractivity contribution in [2.24, 2.45) is 5.90 Å². The van der Waals surface area contributed by atoms with Crippen LogP contribution in [0.3, 0.4) is 0 Å². The maximum absolute atomic E-state index is 4.84. The fourth-order valence-electron chi connectivity index (χ4n) is 0.288. The molecule has 8 heavy (non-hydrogen) atoms. The maximum atomic E-state index is 4.84. The van der Waals surface area contributed by atoms with Gasteiger partial charge in [-0.05, 0) is 21.0 Å². The molecule has 2 N–H and O–H groups in total. The predicted molar refractivity (Wildman–Crippen MR) is 33.3 cm³/mol. The molecule has 0 radical (unpaired) electrons. The van der Waals surface area contributed by atoms with Crippen LogP contribution in [0.2, 0.25) is 0 Å².